The van der Waals surface area contributed by atoms with Gasteiger partial charge in [0.25, 0.3) is 11.6 Å². The minimum atomic E-state index is -0.533. The lowest BCUT2D eigenvalue weighted by Gasteiger charge is -2.15. The third kappa shape index (κ3) is 2.91. The Kier molecular flexibility index (Phi) is 4.39. The van der Waals surface area contributed by atoms with Gasteiger partial charge in [-0.1, -0.05) is 12.1 Å². The molecule has 1 aromatic carbocycles. The van der Waals surface area contributed by atoms with E-state index in [1.54, 1.807) is 19.2 Å². The zero-order chi connectivity index (χ0) is 13.0. The summed E-state index contributed by atoms with van der Waals surface area (Å²) in [5, 5.41) is 10.7. The van der Waals surface area contributed by atoms with Crippen molar-refractivity contribution in [3.63, 3.8) is 0 Å². The van der Waals surface area contributed by atoms with E-state index < -0.39 is 4.92 Å². The van der Waals surface area contributed by atoms with Gasteiger partial charge in [0.15, 0.2) is 0 Å². The van der Waals surface area contributed by atoms with Crippen LogP contribution in [0.25, 0.3) is 0 Å². The number of nitro groups is 1. The summed E-state index contributed by atoms with van der Waals surface area (Å²) in [5.41, 5.74) is 0.145. The Bertz CT molecular complexity index is 474. The normalized spacial score (nSPS) is 9.76. The maximum absolute atomic E-state index is 12.0. The van der Waals surface area contributed by atoms with Crippen LogP contribution in [0.2, 0.25) is 0 Å². The maximum atomic E-state index is 12.0. The predicted octanol–water partition coefficient (Wildman–Crippen LogP) is 2.62. The van der Waals surface area contributed by atoms with E-state index in [1.165, 1.54) is 17.0 Å². The van der Waals surface area contributed by atoms with Crippen molar-refractivity contribution < 1.29 is 9.72 Å². The average Bonchev–Trinajstić information content (AvgIpc) is 2.28. The molecule has 1 rings (SSSR count). The summed E-state index contributed by atoms with van der Waals surface area (Å²) >= 11 is 3.09. The fourth-order valence-corrected chi connectivity index (χ4v) is 1.89. The van der Waals surface area contributed by atoms with Gasteiger partial charge in [-0.15, -0.1) is 6.58 Å². The first-order valence-electron chi connectivity index (χ1n) is 4.78. The molecule has 0 bridgehead atoms. The Morgan fingerprint density at radius 3 is 2.82 bits per heavy atom. The summed E-state index contributed by atoms with van der Waals surface area (Å²) in [6.07, 6.45) is 1.59. The van der Waals surface area contributed by atoms with Crippen molar-refractivity contribution in [3.8, 4) is 0 Å². The van der Waals surface area contributed by atoms with Crippen LogP contribution in [0.5, 0.6) is 0 Å². The largest absolute Gasteiger partial charge is 0.338 e. The van der Waals surface area contributed by atoms with Gasteiger partial charge in [-0.05, 0) is 22.0 Å². The zero-order valence-corrected chi connectivity index (χ0v) is 10.8. The molecule has 0 saturated carbocycles. The molecule has 90 valence electrons. The molecule has 0 saturated heterocycles. The molecular weight excluding hydrogens is 288 g/mol. The number of carbonyl (C=O) groups excluding carboxylic acids is 1. The smallest absolute Gasteiger partial charge is 0.284 e. The number of carbonyl (C=O) groups is 1. The number of hydrogen-bond acceptors (Lipinski definition) is 3. The van der Waals surface area contributed by atoms with Gasteiger partial charge in [0.05, 0.1) is 10.5 Å². The zero-order valence-electron chi connectivity index (χ0n) is 9.22. The van der Waals surface area contributed by atoms with Crippen LogP contribution < -0.4 is 0 Å². The highest BCUT2D eigenvalue weighted by atomic mass is 79.9. The van der Waals surface area contributed by atoms with Crippen molar-refractivity contribution in [2.45, 2.75) is 0 Å². The molecule has 0 unspecified atom stereocenters. The van der Waals surface area contributed by atoms with Gasteiger partial charge in [-0.25, -0.2) is 0 Å². The van der Waals surface area contributed by atoms with Crippen LogP contribution in [0.3, 0.4) is 0 Å². The second-order valence-electron chi connectivity index (χ2n) is 3.37. The predicted molar refractivity (Wildman–Crippen MR) is 68.0 cm³/mol. The van der Waals surface area contributed by atoms with Crippen molar-refractivity contribution in [2.24, 2.45) is 0 Å². The number of hydrogen-bond donors (Lipinski definition) is 0. The fourth-order valence-electron chi connectivity index (χ4n) is 1.31. The molecule has 0 spiro atoms. The van der Waals surface area contributed by atoms with Crippen molar-refractivity contribution in [1.82, 2.24) is 4.90 Å². The second kappa shape index (κ2) is 5.58. The Morgan fingerprint density at radius 2 is 2.29 bits per heavy atom. The Morgan fingerprint density at radius 1 is 1.65 bits per heavy atom. The van der Waals surface area contributed by atoms with Crippen LogP contribution in [-0.4, -0.2) is 29.3 Å². The number of halogens is 1. The molecule has 0 radical (unpaired) electrons. The van der Waals surface area contributed by atoms with E-state index in [0.29, 0.717) is 6.54 Å². The summed E-state index contributed by atoms with van der Waals surface area (Å²) in [4.78, 5) is 23.6. The summed E-state index contributed by atoms with van der Waals surface area (Å²) < 4.78 is 0.200. The lowest BCUT2D eigenvalue weighted by molar-refractivity contribution is -0.385. The molecule has 17 heavy (non-hydrogen) atoms. The van der Waals surface area contributed by atoms with E-state index in [-0.39, 0.29) is 21.6 Å². The first-order valence-corrected chi connectivity index (χ1v) is 5.57. The molecule has 5 nitrogen and oxygen atoms in total. The van der Waals surface area contributed by atoms with Crippen LogP contribution >= 0.6 is 15.9 Å². The summed E-state index contributed by atoms with van der Waals surface area (Å²) in [6, 6.07) is 4.37. The first-order chi connectivity index (χ1) is 7.99. The number of nitro benzene ring substituents is 1. The SMILES string of the molecule is C=CCN(C)C(=O)c1cccc([N+](=O)[O-])c1Br. The molecule has 0 fully saturated rings. The molecule has 6 heteroatoms. The van der Waals surface area contributed by atoms with Gasteiger partial charge < -0.3 is 4.90 Å². The summed E-state index contributed by atoms with van der Waals surface area (Å²) in [7, 11) is 1.61. The standard InChI is InChI=1S/C11H11BrN2O3/c1-3-7-13(2)11(15)8-5-4-6-9(10(8)12)14(16)17/h3-6H,1,7H2,2H3. The Labute approximate surface area is 107 Å². The highest BCUT2D eigenvalue weighted by Gasteiger charge is 2.21. The number of amides is 1. The van der Waals surface area contributed by atoms with E-state index >= 15 is 0 Å². The molecule has 0 aromatic heterocycles. The van der Waals surface area contributed by atoms with Crippen LogP contribution in [0.15, 0.2) is 35.3 Å². The number of rotatable bonds is 4. The van der Waals surface area contributed by atoms with E-state index in [2.05, 4.69) is 22.5 Å². The van der Waals surface area contributed by atoms with E-state index in [0.717, 1.165) is 0 Å². The highest BCUT2D eigenvalue weighted by Crippen LogP contribution is 2.28. The third-order valence-corrected chi connectivity index (χ3v) is 2.99. The van der Waals surface area contributed by atoms with E-state index in [9.17, 15) is 14.9 Å². The summed E-state index contributed by atoms with van der Waals surface area (Å²) in [6.45, 7) is 3.91. The molecular formula is C11H11BrN2O3. The van der Waals surface area contributed by atoms with Crippen LogP contribution in [0, 0.1) is 10.1 Å². The van der Waals surface area contributed by atoms with Gasteiger partial charge in [0.1, 0.15) is 4.47 Å². The molecule has 0 aliphatic rings. The van der Waals surface area contributed by atoms with Gasteiger partial charge in [-0.2, -0.15) is 0 Å². The lowest BCUT2D eigenvalue weighted by Crippen LogP contribution is -2.27. The topological polar surface area (TPSA) is 63.5 Å². The van der Waals surface area contributed by atoms with Crippen molar-refractivity contribution in [3.05, 3.63) is 51.0 Å². The molecule has 0 aliphatic heterocycles. The average molecular weight is 299 g/mol. The Hall–Kier alpha value is -1.69. The lowest BCUT2D eigenvalue weighted by atomic mass is 10.2. The molecule has 1 amide bonds. The minimum Gasteiger partial charge on any atom is -0.338 e. The molecule has 0 heterocycles. The van der Waals surface area contributed by atoms with Gasteiger partial charge in [0, 0.05) is 19.7 Å². The third-order valence-electron chi connectivity index (χ3n) is 2.16. The number of benzene rings is 1. The number of likely N-dealkylation sites (N-methyl/N-ethyl adjacent to an activating group) is 1. The monoisotopic (exact) mass is 298 g/mol. The van der Waals surface area contributed by atoms with Crippen molar-refractivity contribution in [1.29, 1.82) is 0 Å². The van der Waals surface area contributed by atoms with Crippen LogP contribution in [-0.2, 0) is 0 Å². The summed E-state index contributed by atoms with van der Waals surface area (Å²) in [5.74, 6) is -0.291. The molecule has 0 N–H and O–H groups in total. The second-order valence-corrected chi connectivity index (χ2v) is 4.16. The van der Waals surface area contributed by atoms with Crippen LogP contribution in [0.1, 0.15) is 10.4 Å². The van der Waals surface area contributed by atoms with E-state index in [1.807, 2.05) is 0 Å². The van der Waals surface area contributed by atoms with Crippen LogP contribution in [0.4, 0.5) is 5.69 Å². The Balaban J connectivity index is 3.15. The fraction of sp³-hybridized carbons (Fsp3) is 0.182. The number of nitrogens with zero attached hydrogens (tertiary/aromatic N) is 2. The van der Waals surface area contributed by atoms with Gasteiger partial charge in [0.2, 0.25) is 0 Å². The van der Waals surface area contributed by atoms with Gasteiger partial charge >= 0.3 is 0 Å². The molecule has 0 aliphatic carbocycles. The first kappa shape index (κ1) is 13.4. The molecule has 0 atom stereocenters. The van der Waals surface area contributed by atoms with E-state index in [4.69, 9.17) is 0 Å². The minimum absolute atomic E-state index is 0.122. The van der Waals surface area contributed by atoms with Crippen molar-refractivity contribution in [2.75, 3.05) is 13.6 Å². The van der Waals surface area contributed by atoms with Gasteiger partial charge in [-0.3, -0.25) is 14.9 Å². The highest BCUT2D eigenvalue weighted by molar-refractivity contribution is 9.10. The quantitative estimate of drug-likeness (QED) is 0.488. The van der Waals surface area contributed by atoms with Crippen molar-refractivity contribution >= 4 is 27.5 Å². The molecule has 1 aromatic rings. The maximum Gasteiger partial charge on any atom is 0.284 e.